The van der Waals surface area contributed by atoms with Gasteiger partial charge < -0.3 is 15.0 Å². The molecule has 0 saturated carbocycles. The maximum absolute atomic E-state index is 11.8. The molecule has 0 fully saturated rings. The Morgan fingerprint density at radius 2 is 1.86 bits per heavy atom. The quantitative estimate of drug-likeness (QED) is 0.609. The number of terminal acetylenes is 1. The van der Waals surface area contributed by atoms with Crippen LogP contribution in [0.5, 0.6) is 0 Å². The zero-order valence-electron chi connectivity index (χ0n) is 12.4. The Balaban J connectivity index is 2.55. The lowest BCUT2D eigenvalue weighted by Crippen LogP contribution is -2.29. The van der Waals surface area contributed by atoms with E-state index in [1.807, 2.05) is 12.1 Å². The van der Waals surface area contributed by atoms with Gasteiger partial charge in [-0.05, 0) is 38.1 Å². The molecular formula is C16H20N2O3. The number of hydrogen-bond donors (Lipinski definition) is 1. The Morgan fingerprint density at radius 1 is 1.24 bits per heavy atom. The number of ether oxygens (including phenoxy) is 1. The molecule has 0 unspecified atom stereocenters. The van der Waals surface area contributed by atoms with E-state index in [4.69, 9.17) is 11.2 Å². The maximum atomic E-state index is 11.8. The zero-order valence-corrected chi connectivity index (χ0v) is 12.4. The van der Waals surface area contributed by atoms with Gasteiger partial charge >= 0.3 is 5.97 Å². The summed E-state index contributed by atoms with van der Waals surface area (Å²) in [6, 6.07) is 7.11. The molecule has 0 aliphatic heterocycles. The van der Waals surface area contributed by atoms with Gasteiger partial charge in [0.25, 0.3) is 5.91 Å². The predicted molar refractivity (Wildman–Crippen MR) is 82.1 cm³/mol. The van der Waals surface area contributed by atoms with Crippen molar-refractivity contribution in [3.63, 3.8) is 0 Å². The first-order chi connectivity index (χ1) is 10.1. The molecule has 0 saturated heterocycles. The molecule has 0 aromatic heterocycles. The van der Waals surface area contributed by atoms with Gasteiger partial charge in [0.2, 0.25) is 0 Å². The fourth-order valence-electron chi connectivity index (χ4n) is 1.81. The number of benzene rings is 1. The summed E-state index contributed by atoms with van der Waals surface area (Å²) in [6.07, 6.45) is 5.01. The lowest BCUT2D eigenvalue weighted by Gasteiger charge is -2.20. The van der Waals surface area contributed by atoms with Crippen molar-refractivity contribution in [1.29, 1.82) is 0 Å². The Morgan fingerprint density at radius 3 is 2.38 bits per heavy atom. The second kappa shape index (κ2) is 8.64. The summed E-state index contributed by atoms with van der Waals surface area (Å²) in [5, 5.41) is 2.42. The third kappa shape index (κ3) is 5.19. The molecule has 0 spiro atoms. The highest BCUT2D eigenvalue weighted by Crippen LogP contribution is 2.15. The van der Waals surface area contributed by atoms with Gasteiger partial charge in [0.15, 0.2) is 6.61 Å². The molecule has 5 nitrogen and oxygen atoms in total. The van der Waals surface area contributed by atoms with Crippen molar-refractivity contribution < 1.29 is 14.3 Å². The van der Waals surface area contributed by atoms with E-state index in [-0.39, 0.29) is 13.2 Å². The number of carbonyl (C=O) groups is 2. The highest BCUT2D eigenvalue weighted by Gasteiger charge is 2.10. The minimum Gasteiger partial charge on any atom is -0.452 e. The fourth-order valence-corrected chi connectivity index (χ4v) is 1.81. The summed E-state index contributed by atoms with van der Waals surface area (Å²) in [7, 11) is 0. The van der Waals surface area contributed by atoms with Crippen molar-refractivity contribution in [1.82, 2.24) is 5.32 Å². The van der Waals surface area contributed by atoms with Crippen molar-refractivity contribution in [2.24, 2.45) is 0 Å². The van der Waals surface area contributed by atoms with Gasteiger partial charge in [-0.2, -0.15) is 0 Å². The number of nitrogens with one attached hydrogen (secondary N) is 1. The van der Waals surface area contributed by atoms with Crippen molar-refractivity contribution in [3.8, 4) is 12.3 Å². The smallest absolute Gasteiger partial charge is 0.338 e. The van der Waals surface area contributed by atoms with Gasteiger partial charge in [-0.25, -0.2) is 4.79 Å². The molecule has 1 aromatic carbocycles. The predicted octanol–water partition coefficient (Wildman–Crippen LogP) is 1.44. The van der Waals surface area contributed by atoms with Crippen molar-refractivity contribution in [2.45, 2.75) is 13.8 Å². The van der Waals surface area contributed by atoms with E-state index in [0.717, 1.165) is 18.8 Å². The first-order valence-corrected chi connectivity index (χ1v) is 6.84. The monoisotopic (exact) mass is 288 g/mol. The number of anilines is 1. The summed E-state index contributed by atoms with van der Waals surface area (Å²) in [6.45, 7) is 5.72. The maximum Gasteiger partial charge on any atom is 0.338 e. The van der Waals surface area contributed by atoms with Gasteiger partial charge in [0.05, 0.1) is 12.1 Å². The summed E-state index contributed by atoms with van der Waals surface area (Å²) < 4.78 is 4.91. The number of nitrogens with zero attached hydrogens (tertiary/aromatic N) is 1. The van der Waals surface area contributed by atoms with Crippen molar-refractivity contribution in [3.05, 3.63) is 29.8 Å². The first-order valence-electron chi connectivity index (χ1n) is 6.84. The average Bonchev–Trinajstić information content (AvgIpc) is 2.52. The minimum atomic E-state index is -0.531. The fraction of sp³-hybridized carbons (Fsp3) is 0.375. The largest absolute Gasteiger partial charge is 0.452 e. The van der Waals surface area contributed by atoms with Crippen LogP contribution in [0.4, 0.5) is 5.69 Å². The average molecular weight is 288 g/mol. The third-order valence-corrected chi connectivity index (χ3v) is 2.95. The van der Waals surface area contributed by atoms with E-state index in [9.17, 15) is 9.59 Å². The Hall–Kier alpha value is -2.48. The molecule has 0 atom stereocenters. The Labute approximate surface area is 125 Å². The molecule has 0 aliphatic carbocycles. The van der Waals surface area contributed by atoms with Crippen LogP contribution in [0, 0.1) is 12.3 Å². The normalized spacial score (nSPS) is 9.57. The highest BCUT2D eigenvalue weighted by molar-refractivity contribution is 5.91. The third-order valence-electron chi connectivity index (χ3n) is 2.95. The van der Waals surface area contributed by atoms with Gasteiger partial charge in [-0.15, -0.1) is 6.42 Å². The van der Waals surface area contributed by atoms with Crippen LogP contribution in [0.2, 0.25) is 0 Å². The topological polar surface area (TPSA) is 58.6 Å². The van der Waals surface area contributed by atoms with E-state index >= 15 is 0 Å². The molecule has 0 aliphatic rings. The number of carbonyl (C=O) groups excluding carboxylic acids is 2. The van der Waals surface area contributed by atoms with Crippen LogP contribution < -0.4 is 10.2 Å². The number of amides is 1. The molecule has 1 rings (SSSR count). The summed E-state index contributed by atoms with van der Waals surface area (Å²) in [4.78, 5) is 25.2. The lowest BCUT2D eigenvalue weighted by atomic mass is 10.2. The number of hydrogen-bond acceptors (Lipinski definition) is 4. The molecular weight excluding hydrogens is 268 g/mol. The van der Waals surface area contributed by atoms with Gasteiger partial charge in [-0.1, -0.05) is 5.92 Å². The molecule has 0 radical (unpaired) electrons. The van der Waals surface area contributed by atoms with E-state index in [2.05, 4.69) is 30.0 Å². The molecule has 5 heteroatoms. The Kier molecular flexibility index (Phi) is 6.82. The van der Waals surface area contributed by atoms with Crippen molar-refractivity contribution in [2.75, 3.05) is 31.1 Å². The highest BCUT2D eigenvalue weighted by atomic mass is 16.5. The molecule has 0 heterocycles. The van der Waals surface area contributed by atoms with Crippen LogP contribution in [-0.4, -0.2) is 38.1 Å². The summed E-state index contributed by atoms with van der Waals surface area (Å²) >= 11 is 0. The Bertz CT molecular complexity index is 513. The number of esters is 1. The molecule has 1 aromatic rings. The van der Waals surface area contributed by atoms with Crippen LogP contribution in [-0.2, 0) is 9.53 Å². The molecule has 1 N–H and O–H groups in total. The van der Waals surface area contributed by atoms with Crippen LogP contribution in [0.25, 0.3) is 0 Å². The van der Waals surface area contributed by atoms with Crippen molar-refractivity contribution >= 4 is 17.6 Å². The van der Waals surface area contributed by atoms with Gasteiger partial charge in [0, 0.05) is 18.8 Å². The van der Waals surface area contributed by atoms with Crippen LogP contribution in [0.3, 0.4) is 0 Å². The minimum absolute atomic E-state index is 0.120. The molecule has 1 amide bonds. The van der Waals surface area contributed by atoms with Gasteiger partial charge in [0.1, 0.15) is 0 Å². The molecule has 0 bridgehead atoms. The second-order valence-electron chi connectivity index (χ2n) is 4.28. The summed E-state index contributed by atoms with van der Waals surface area (Å²) in [5.41, 5.74) is 1.46. The summed E-state index contributed by atoms with van der Waals surface area (Å²) in [5.74, 6) is 1.32. The zero-order chi connectivity index (χ0) is 15.7. The SMILES string of the molecule is C#CCNC(=O)COC(=O)c1ccc(N(CC)CC)cc1. The lowest BCUT2D eigenvalue weighted by molar-refractivity contribution is -0.123. The van der Waals surface area contributed by atoms with Crippen LogP contribution >= 0.6 is 0 Å². The number of rotatable bonds is 7. The van der Waals surface area contributed by atoms with Crippen LogP contribution in [0.1, 0.15) is 24.2 Å². The van der Waals surface area contributed by atoms with Crippen LogP contribution in [0.15, 0.2) is 24.3 Å². The first kappa shape index (κ1) is 16.6. The van der Waals surface area contributed by atoms with E-state index in [0.29, 0.717) is 5.56 Å². The van der Waals surface area contributed by atoms with Gasteiger partial charge in [-0.3, -0.25) is 4.79 Å². The second-order valence-corrected chi connectivity index (χ2v) is 4.28. The standard InChI is InChI=1S/C16H20N2O3/c1-4-11-17-15(19)12-21-16(20)13-7-9-14(10-8-13)18(5-2)6-3/h1,7-10H,5-6,11-12H2,2-3H3,(H,17,19). The molecule has 21 heavy (non-hydrogen) atoms. The van der Waals surface area contributed by atoms with E-state index in [1.54, 1.807) is 12.1 Å². The van der Waals surface area contributed by atoms with E-state index < -0.39 is 11.9 Å². The van der Waals surface area contributed by atoms with E-state index in [1.165, 1.54) is 0 Å². The molecule has 112 valence electrons.